The molecular weight excluding hydrogens is 200 g/mol. The minimum atomic E-state index is -0.117. The monoisotopic (exact) mass is 226 g/mol. The highest BCUT2D eigenvalue weighted by molar-refractivity contribution is 5.81. The van der Waals surface area contributed by atoms with Crippen molar-refractivity contribution in [3.63, 3.8) is 0 Å². The van der Waals surface area contributed by atoms with Crippen molar-refractivity contribution in [1.29, 1.82) is 0 Å². The van der Waals surface area contributed by atoms with E-state index in [9.17, 15) is 4.79 Å². The summed E-state index contributed by atoms with van der Waals surface area (Å²) < 4.78 is 0. The van der Waals surface area contributed by atoms with Crippen LogP contribution in [0.1, 0.15) is 48.5 Å². The third kappa shape index (κ3) is 2.24. The largest absolute Gasteiger partial charge is 0.353 e. The average Bonchev–Trinajstić information content (AvgIpc) is 2.46. The van der Waals surface area contributed by atoms with Crippen molar-refractivity contribution >= 4 is 5.91 Å². The Hall–Kier alpha value is -0.570. The fourth-order valence-corrected chi connectivity index (χ4v) is 2.35. The molecule has 1 saturated carbocycles. The molecule has 0 saturated heterocycles. The number of carbonyl (C=O) groups is 1. The SMILES string of the molecule is CC(C)NC(=O)C(C)NC1C(C)(C)C1(C)C. The van der Waals surface area contributed by atoms with E-state index in [0.717, 1.165) is 0 Å². The van der Waals surface area contributed by atoms with E-state index in [0.29, 0.717) is 6.04 Å². The van der Waals surface area contributed by atoms with E-state index >= 15 is 0 Å². The van der Waals surface area contributed by atoms with Crippen LogP contribution in [-0.2, 0) is 4.79 Å². The first-order chi connectivity index (χ1) is 7.10. The summed E-state index contributed by atoms with van der Waals surface area (Å²) in [5.74, 6) is 0.0912. The van der Waals surface area contributed by atoms with Gasteiger partial charge in [-0.2, -0.15) is 0 Å². The van der Waals surface area contributed by atoms with Gasteiger partial charge < -0.3 is 10.6 Å². The fraction of sp³-hybridized carbons (Fsp3) is 0.923. The second-order valence-electron chi connectivity index (χ2n) is 6.43. The van der Waals surface area contributed by atoms with Crippen LogP contribution < -0.4 is 10.6 Å². The molecule has 0 aromatic heterocycles. The average molecular weight is 226 g/mol. The van der Waals surface area contributed by atoms with E-state index in [2.05, 4.69) is 38.3 Å². The van der Waals surface area contributed by atoms with Gasteiger partial charge in [-0.25, -0.2) is 0 Å². The molecule has 0 heterocycles. The molecule has 1 aliphatic carbocycles. The first kappa shape index (κ1) is 13.5. The molecule has 3 heteroatoms. The Kier molecular flexibility index (Phi) is 3.39. The molecule has 2 N–H and O–H groups in total. The second kappa shape index (κ2) is 4.02. The predicted octanol–water partition coefficient (Wildman–Crippen LogP) is 1.92. The van der Waals surface area contributed by atoms with Crippen LogP contribution >= 0.6 is 0 Å². The van der Waals surface area contributed by atoms with Crippen LogP contribution in [0.4, 0.5) is 0 Å². The third-order valence-electron chi connectivity index (χ3n) is 4.26. The molecule has 16 heavy (non-hydrogen) atoms. The number of nitrogens with one attached hydrogen (secondary N) is 2. The number of hydrogen-bond acceptors (Lipinski definition) is 2. The molecule has 0 bridgehead atoms. The van der Waals surface area contributed by atoms with Gasteiger partial charge in [-0.05, 0) is 31.6 Å². The van der Waals surface area contributed by atoms with Crippen molar-refractivity contribution in [1.82, 2.24) is 10.6 Å². The number of hydrogen-bond donors (Lipinski definition) is 2. The van der Waals surface area contributed by atoms with Crippen molar-refractivity contribution in [3.8, 4) is 0 Å². The van der Waals surface area contributed by atoms with E-state index in [1.165, 1.54) is 0 Å². The van der Waals surface area contributed by atoms with Gasteiger partial charge in [-0.3, -0.25) is 4.79 Å². The summed E-state index contributed by atoms with van der Waals surface area (Å²) >= 11 is 0. The Morgan fingerprint density at radius 3 is 1.81 bits per heavy atom. The van der Waals surface area contributed by atoms with Crippen molar-refractivity contribution in [2.45, 2.75) is 66.6 Å². The maximum absolute atomic E-state index is 11.8. The summed E-state index contributed by atoms with van der Waals surface area (Å²) in [4.78, 5) is 11.8. The minimum absolute atomic E-state index is 0.0912. The first-order valence-electron chi connectivity index (χ1n) is 6.17. The number of carbonyl (C=O) groups excluding carboxylic acids is 1. The van der Waals surface area contributed by atoms with Crippen molar-refractivity contribution in [2.75, 3.05) is 0 Å². The number of rotatable bonds is 4. The highest BCUT2D eigenvalue weighted by Gasteiger charge is 2.64. The lowest BCUT2D eigenvalue weighted by molar-refractivity contribution is -0.123. The fourth-order valence-electron chi connectivity index (χ4n) is 2.35. The molecular formula is C13H26N2O. The van der Waals surface area contributed by atoms with Crippen molar-refractivity contribution < 1.29 is 4.79 Å². The summed E-state index contributed by atoms with van der Waals surface area (Å²) in [7, 11) is 0. The maximum Gasteiger partial charge on any atom is 0.237 e. The Morgan fingerprint density at radius 2 is 1.50 bits per heavy atom. The zero-order chi connectivity index (χ0) is 12.7. The molecule has 0 radical (unpaired) electrons. The predicted molar refractivity (Wildman–Crippen MR) is 67.2 cm³/mol. The standard InChI is InChI=1S/C13H26N2O/c1-8(2)14-10(16)9(3)15-11-12(4,5)13(11,6)7/h8-9,11,15H,1-7H3,(H,14,16). The molecule has 0 aromatic carbocycles. The van der Waals surface area contributed by atoms with Gasteiger partial charge in [0.1, 0.15) is 0 Å². The maximum atomic E-state index is 11.8. The molecule has 0 aromatic rings. The molecule has 1 fully saturated rings. The van der Waals surface area contributed by atoms with E-state index in [-0.39, 0.29) is 28.8 Å². The number of amides is 1. The highest BCUT2D eigenvalue weighted by Crippen LogP contribution is 2.62. The molecule has 94 valence electrons. The molecule has 3 nitrogen and oxygen atoms in total. The van der Waals surface area contributed by atoms with Gasteiger partial charge in [0, 0.05) is 12.1 Å². The van der Waals surface area contributed by atoms with Gasteiger partial charge in [0.25, 0.3) is 0 Å². The molecule has 0 aliphatic heterocycles. The van der Waals surface area contributed by atoms with Crippen LogP contribution in [0.25, 0.3) is 0 Å². The zero-order valence-electron chi connectivity index (χ0n) is 11.6. The third-order valence-corrected chi connectivity index (χ3v) is 4.26. The van der Waals surface area contributed by atoms with Gasteiger partial charge in [0.05, 0.1) is 6.04 Å². The Balaban J connectivity index is 2.48. The van der Waals surface area contributed by atoms with E-state index < -0.39 is 0 Å². The van der Waals surface area contributed by atoms with Crippen molar-refractivity contribution in [3.05, 3.63) is 0 Å². The summed E-state index contributed by atoms with van der Waals surface area (Å²) in [6.45, 7) is 14.9. The van der Waals surface area contributed by atoms with Crippen LogP contribution in [-0.4, -0.2) is 24.0 Å². The minimum Gasteiger partial charge on any atom is -0.353 e. The van der Waals surface area contributed by atoms with Gasteiger partial charge in [-0.15, -0.1) is 0 Å². The smallest absolute Gasteiger partial charge is 0.237 e. The van der Waals surface area contributed by atoms with Crippen LogP contribution in [0.5, 0.6) is 0 Å². The highest BCUT2D eigenvalue weighted by atomic mass is 16.2. The topological polar surface area (TPSA) is 41.1 Å². The molecule has 1 amide bonds. The van der Waals surface area contributed by atoms with Gasteiger partial charge in [0.2, 0.25) is 5.91 Å². The van der Waals surface area contributed by atoms with E-state index in [1.54, 1.807) is 0 Å². The second-order valence-corrected chi connectivity index (χ2v) is 6.43. The summed E-state index contributed by atoms with van der Waals surface area (Å²) in [5.41, 5.74) is 0.554. The summed E-state index contributed by atoms with van der Waals surface area (Å²) in [5, 5.41) is 6.36. The quantitative estimate of drug-likeness (QED) is 0.769. The van der Waals surface area contributed by atoms with Gasteiger partial charge in [-0.1, -0.05) is 27.7 Å². The molecule has 1 atom stereocenters. The van der Waals surface area contributed by atoms with E-state index in [4.69, 9.17) is 0 Å². The Bertz CT molecular complexity index is 268. The molecule has 0 spiro atoms. The van der Waals surface area contributed by atoms with Crippen molar-refractivity contribution in [2.24, 2.45) is 10.8 Å². The van der Waals surface area contributed by atoms with Gasteiger partial charge >= 0.3 is 0 Å². The molecule has 1 aliphatic rings. The van der Waals surface area contributed by atoms with E-state index in [1.807, 2.05) is 20.8 Å². The van der Waals surface area contributed by atoms with Crippen LogP contribution in [0.15, 0.2) is 0 Å². The lowest BCUT2D eigenvalue weighted by atomic mass is 10.0. The Labute approximate surface area is 99.4 Å². The van der Waals surface area contributed by atoms with Gasteiger partial charge in [0.15, 0.2) is 0 Å². The van der Waals surface area contributed by atoms with Crippen LogP contribution in [0.3, 0.4) is 0 Å². The van der Waals surface area contributed by atoms with Crippen LogP contribution in [0.2, 0.25) is 0 Å². The summed E-state index contributed by atoms with van der Waals surface area (Å²) in [6, 6.07) is 0.512. The normalized spacial score (nSPS) is 24.2. The summed E-state index contributed by atoms with van der Waals surface area (Å²) in [6.07, 6.45) is 0. The molecule has 1 unspecified atom stereocenters. The lowest BCUT2D eigenvalue weighted by Gasteiger charge is -2.17. The zero-order valence-corrected chi connectivity index (χ0v) is 11.6. The Morgan fingerprint density at radius 1 is 1.06 bits per heavy atom. The molecule has 1 rings (SSSR count). The first-order valence-corrected chi connectivity index (χ1v) is 6.17. The van der Waals surface area contributed by atoms with Crippen LogP contribution in [0, 0.1) is 10.8 Å². The lowest BCUT2D eigenvalue weighted by Crippen LogP contribution is -2.46.